The van der Waals surface area contributed by atoms with Gasteiger partial charge in [0.25, 0.3) is 0 Å². The second kappa shape index (κ2) is 7.99. The van der Waals surface area contributed by atoms with Crippen molar-refractivity contribution in [1.82, 2.24) is 0 Å². The van der Waals surface area contributed by atoms with Crippen LogP contribution in [-0.2, 0) is 0 Å². The Morgan fingerprint density at radius 3 is 1.97 bits per heavy atom. The molecule has 2 heteroatoms. The van der Waals surface area contributed by atoms with Gasteiger partial charge in [-0.25, -0.2) is 0 Å². The van der Waals surface area contributed by atoms with Gasteiger partial charge in [0.2, 0.25) is 0 Å². The lowest BCUT2D eigenvalue weighted by molar-refractivity contribution is 0.670. The van der Waals surface area contributed by atoms with Gasteiger partial charge in [-0.05, 0) is 53.9 Å². The molecule has 33 heavy (non-hydrogen) atoms. The van der Waals surface area contributed by atoms with Gasteiger partial charge >= 0.3 is 0 Å². The van der Waals surface area contributed by atoms with E-state index in [1.54, 1.807) is 0 Å². The number of anilines is 2. The third-order valence-electron chi connectivity index (χ3n) is 6.13. The van der Waals surface area contributed by atoms with E-state index in [-0.39, 0.29) is 0 Å². The Morgan fingerprint density at radius 1 is 0.545 bits per heavy atom. The fraction of sp³-hybridized carbons (Fsp3) is 0.0323. The molecule has 0 saturated carbocycles. The maximum absolute atomic E-state index is 6.20. The Hall–Kier alpha value is -4.30. The smallest absolute Gasteiger partial charge is 0.143 e. The van der Waals surface area contributed by atoms with Crippen LogP contribution in [-0.4, -0.2) is 0 Å². The maximum atomic E-state index is 6.20. The molecule has 0 fully saturated rings. The molecule has 0 aliphatic carbocycles. The molecule has 0 radical (unpaired) electrons. The van der Waals surface area contributed by atoms with E-state index in [0.29, 0.717) is 0 Å². The molecule has 0 aliphatic heterocycles. The zero-order valence-electron chi connectivity index (χ0n) is 18.4. The predicted molar refractivity (Wildman–Crippen MR) is 139 cm³/mol. The van der Waals surface area contributed by atoms with Gasteiger partial charge in [0.05, 0.1) is 0 Å². The quantitative estimate of drug-likeness (QED) is 0.305. The summed E-state index contributed by atoms with van der Waals surface area (Å²) in [6.45, 7) is 2.12. The molecule has 0 spiro atoms. The second-order valence-corrected chi connectivity index (χ2v) is 8.43. The van der Waals surface area contributed by atoms with Crippen molar-refractivity contribution >= 4 is 33.3 Å². The maximum Gasteiger partial charge on any atom is 0.143 e. The highest BCUT2D eigenvalue weighted by molar-refractivity contribution is 6.09. The molecule has 2 nitrogen and oxygen atoms in total. The van der Waals surface area contributed by atoms with Crippen molar-refractivity contribution in [1.29, 1.82) is 0 Å². The lowest BCUT2D eigenvalue weighted by Crippen LogP contribution is -1.90. The highest BCUT2D eigenvalue weighted by Crippen LogP contribution is 2.36. The van der Waals surface area contributed by atoms with Crippen LogP contribution in [0.5, 0.6) is 0 Å². The van der Waals surface area contributed by atoms with Crippen LogP contribution in [0.1, 0.15) is 5.56 Å². The monoisotopic (exact) mass is 425 g/mol. The first-order chi connectivity index (χ1) is 16.2. The van der Waals surface area contributed by atoms with Crippen LogP contribution in [0.3, 0.4) is 0 Å². The van der Waals surface area contributed by atoms with E-state index < -0.39 is 0 Å². The number of rotatable bonds is 4. The molecule has 5 aromatic carbocycles. The minimum Gasteiger partial charge on any atom is -0.455 e. The predicted octanol–water partition coefficient (Wildman–Crippen LogP) is 8.97. The molecular weight excluding hydrogens is 402 g/mol. The third-order valence-corrected chi connectivity index (χ3v) is 6.13. The van der Waals surface area contributed by atoms with E-state index in [9.17, 15) is 0 Å². The van der Waals surface area contributed by atoms with Crippen LogP contribution >= 0.6 is 0 Å². The van der Waals surface area contributed by atoms with E-state index in [2.05, 4.69) is 115 Å². The topological polar surface area (TPSA) is 25.2 Å². The van der Waals surface area contributed by atoms with Crippen LogP contribution < -0.4 is 5.32 Å². The average Bonchev–Trinajstić information content (AvgIpc) is 3.24. The first-order valence-electron chi connectivity index (χ1n) is 11.2. The van der Waals surface area contributed by atoms with Gasteiger partial charge in [0.1, 0.15) is 11.2 Å². The summed E-state index contributed by atoms with van der Waals surface area (Å²) in [4.78, 5) is 0. The molecule has 0 aliphatic rings. The van der Waals surface area contributed by atoms with Crippen molar-refractivity contribution in [2.75, 3.05) is 5.32 Å². The van der Waals surface area contributed by atoms with Gasteiger partial charge in [-0.2, -0.15) is 0 Å². The number of benzene rings is 5. The number of furan rings is 1. The SMILES string of the molecule is Cc1cccc(-c2ccc(Nc3ccc(-c4cccc5c4oc4ccccc45)cc3)cc2)c1. The molecule has 1 aromatic heterocycles. The highest BCUT2D eigenvalue weighted by atomic mass is 16.3. The van der Waals surface area contributed by atoms with Crippen LogP contribution in [0.25, 0.3) is 44.2 Å². The van der Waals surface area contributed by atoms with E-state index in [1.165, 1.54) is 16.7 Å². The molecule has 0 saturated heterocycles. The van der Waals surface area contributed by atoms with E-state index in [1.807, 2.05) is 12.1 Å². The molecule has 6 rings (SSSR count). The summed E-state index contributed by atoms with van der Waals surface area (Å²) in [5.74, 6) is 0. The summed E-state index contributed by atoms with van der Waals surface area (Å²) >= 11 is 0. The summed E-state index contributed by atoms with van der Waals surface area (Å²) in [6, 6.07) is 40.2. The zero-order chi connectivity index (χ0) is 22.2. The number of para-hydroxylation sites is 2. The Balaban J connectivity index is 1.26. The zero-order valence-corrected chi connectivity index (χ0v) is 18.4. The summed E-state index contributed by atoms with van der Waals surface area (Å²) in [7, 11) is 0. The van der Waals surface area contributed by atoms with E-state index in [4.69, 9.17) is 4.42 Å². The van der Waals surface area contributed by atoms with Gasteiger partial charge in [-0.15, -0.1) is 0 Å². The number of fused-ring (bicyclic) bond motifs is 3. The molecule has 1 N–H and O–H groups in total. The van der Waals surface area contributed by atoms with E-state index in [0.717, 1.165) is 44.4 Å². The van der Waals surface area contributed by atoms with Crippen molar-refractivity contribution < 1.29 is 4.42 Å². The molecule has 1 heterocycles. The lowest BCUT2D eigenvalue weighted by atomic mass is 10.0. The van der Waals surface area contributed by atoms with Crippen molar-refractivity contribution in [2.24, 2.45) is 0 Å². The summed E-state index contributed by atoms with van der Waals surface area (Å²) in [5, 5.41) is 5.81. The number of nitrogens with one attached hydrogen (secondary N) is 1. The normalized spacial score (nSPS) is 11.2. The van der Waals surface area contributed by atoms with E-state index >= 15 is 0 Å². The summed E-state index contributed by atoms with van der Waals surface area (Å²) in [6.07, 6.45) is 0. The largest absolute Gasteiger partial charge is 0.455 e. The molecule has 0 unspecified atom stereocenters. The summed E-state index contributed by atoms with van der Waals surface area (Å²) in [5.41, 5.74) is 9.96. The van der Waals surface area contributed by atoms with Gasteiger partial charge in [-0.1, -0.05) is 90.5 Å². The molecular formula is C31H23NO. The Bertz CT molecular complexity index is 1570. The molecule has 6 aromatic rings. The lowest BCUT2D eigenvalue weighted by Gasteiger charge is -2.10. The molecule has 0 amide bonds. The van der Waals surface area contributed by atoms with Crippen molar-refractivity contribution in [3.63, 3.8) is 0 Å². The number of hydrogen-bond donors (Lipinski definition) is 1. The van der Waals surface area contributed by atoms with Crippen molar-refractivity contribution in [3.05, 3.63) is 121 Å². The van der Waals surface area contributed by atoms with Gasteiger partial charge in [0.15, 0.2) is 0 Å². The van der Waals surface area contributed by atoms with Crippen LogP contribution in [0, 0.1) is 6.92 Å². The van der Waals surface area contributed by atoms with Gasteiger partial charge in [0, 0.05) is 27.7 Å². The van der Waals surface area contributed by atoms with Crippen LogP contribution in [0.4, 0.5) is 11.4 Å². The fourth-order valence-corrected chi connectivity index (χ4v) is 4.44. The fourth-order valence-electron chi connectivity index (χ4n) is 4.44. The standard InChI is InChI=1S/C31H23NO/c1-21-6-4-7-24(20-21)22-12-16-25(17-13-22)32-26-18-14-23(15-19-26)27-9-5-10-29-28-8-2-3-11-30(28)33-31(27)29/h2-20,32H,1H3. The van der Waals surface area contributed by atoms with Crippen molar-refractivity contribution in [2.45, 2.75) is 6.92 Å². The molecule has 158 valence electrons. The second-order valence-electron chi connectivity index (χ2n) is 8.43. The van der Waals surface area contributed by atoms with Gasteiger partial charge in [-0.3, -0.25) is 0 Å². The minimum atomic E-state index is 0.923. The Morgan fingerprint density at radius 2 is 1.21 bits per heavy atom. The van der Waals surface area contributed by atoms with Crippen LogP contribution in [0.15, 0.2) is 120 Å². The van der Waals surface area contributed by atoms with Crippen LogP contribution in [0.2, 0.25) is 0 Å². The number of aryl methyl sites for hydroxylation is 1. The Kier molecular flexibility index (Phi) is 4.70. The Labute approximate surface area is 193 Å². The number of hydrogen-bond acceptors (Lipinski definition) is 2. The highest BCUT2D eigenvalue weighted by Gasteiger charge is 2.11. The average molecular weight is 426 g/mol. The van der Waals surface area contributed by atoms with Crippen molar-refractivity contribution in [3.8, 4) is 22.3 Å². The van der Waals surface area contributed by atoms with Gasteiger partial charge < -0.3 is 9.73 Å². The third kappa shape index (κ3) is 3.66. The first-order valence-corrected chi connectivity index (χ1v) is 11.2. The summed E-state index contributed by atoms with van der Waals surface area (Å²) < 4.78 is 6.20. The molecule has 0 bridgehead atoms. The minimum absolute atomic E-state index is 0.923. The molecule has 0 atom stereocenters. The first kappa shape index (κ1) is 19.4.